The minimum atomic E-state index is -0.583. The first-order chi connectivity index (χ1) is 14.4. The average Bonchev–Trinajstić information content (AvgIpc) is 3.20. The summed E-state index contributed by atoms with van der Waals surface area (Å²) in [6.45, 7) is 0. The number of nitriles is 1. The molecule has 0 radical (unpaired) electrons. The van der Waals surface area contributed by atoms with Crippen molar-refractivity contribution in [1.82, 2.24) is 4.90 Å². The molecule has 150 valence electrons. The van der Waals surface area contributed by atoms with Crippen LogP contribution in [0.1, 0.15) is 16.1 Å². The van der Waals surface area contributed by atoms with Gasteiger partial charge in [0, 0.05) is 37.0 Å². The maximum atomic E-state index is 12.5. The van der Waals surface area contributed by atoms with Gasteiger partial charge in [-0.15, -0.1) is 0 Å². The fourth-order valence-corrected chi connectivity index (χ4v) is 2.91. The molecule has 0 saturated carbocycles. The molecule has 0 aliphatic carbocycles. The lowest BCUT2D eigenvalue weighted by atomic mass is 10.1. The Labute approximate surface area is 179 Å². The van der Waals surface area contributed by atoms with Crippen molar-refractivity contribution in [3.05, 3.63) is 82.6 Å². The number of nitrogens with zero attached hydrogens (tertiary/aromatic N) is 2. The van der Waals surface area contributed by atoms with E-state index in [1.165, 1.54) is 11.0 Å². The third-order valence-corrected chi connectivity index (χ3v) is 4.54. The van der Waals surface area contributed by atoms with E-state index in [2.05, 4.69) is 5.32 Å². The van der Waals surface area contributed by atoms with Crippen molar-refractivity contribution in [2.75, 3.05) is 19.4 Å². The van der Waals surface area contributed by atoms with E-state index in [1.54, 1.807) is 56.6 Å². The summed E-state index contributed by atoms with van der Waals surface area (Å²) in [7, 11) is 3.32. The van der Waals surface area contributed by atoms with Gasteiger partial charge in [0.2, 0.25) is 0 Å². The first kappa shape index (κ1) is 20.9. The Morgan fingerprint density at radius 2 is 1.77 bits per heavy atom. The van der Waals surface area contributed by atoms with Gasteiger partial charge in [0.1, 0.15) is 23.2 Å². The molecule has 0 spiro atoms. The number of hydrogen-bond donors (Lipinski definition) is 1. The molecule has 2 aromatic carbocycles. The second-order valence-corrected chi connectivity index (χ2v) is 6.99. The maximum absolute atomic E-state index is 12.5. The number of hydrogen-bond acceptors (Lipinski definition) is 4. The topological polar surface area (TPSA) is 86.3 Å². The summed E-state index contributed by atoms with van der Waals surface area (Å²) in [6, 6.07) is 18.9. The number of furan rings is 1. The highest BCUT2D eigenvalue weighted by Crippen LogP contribution is 2.29. The van der Waals surface area contributed by atoms with Crippen molar-refractivity contribution in [1.29, 1.82) is 5.26 Å². The zero-order chi connectivity index (χ0) is 21.7. The summed E-state index contributed by atoms with van der Waals surface area (Å²) in [5, 5.41) is 12.6. The van der Waals surface area contributed by atoms with Gasteiger partial charge in [-0.1, -0.05) is 23.7 Å². The van der Waals surface area contributed by atoms with E-state index in [0.29, 0.717) is 33.4 Å². The van der Waals surface area contributed by atoms with E-state index in [1.807, 2.05) is 24.3 Å². The SMILES string of the molecule is CN(C)C(=O)c1ccc(NC(=O)/C(C#N)=C/c2ccc(-c3ccccc3Cl)o2)cc1. The Morgan fingerprint density at radius 1 is 1.07 bits per heavy atom. The summed E-state index contributed by atoms with van der Waals surface area (Å²) >= 11 is 6.17. The molecule has 0 atom stereocenters. The summed E-state index contributed by atoms with van der Waals surface area (Å²) in [5.41, 5.74) is 1.56. The van der Waals surface area contributed by atoms with Crippen molar-refractivity contribution >= 4 is 35.2 Å². The van der Waals surface area contributed by atoms with E-state index >= 15 is 0 Å². The van der Waals surface area contributed by atoms with Crippen molar-refractivity contribution in [2.24, 2.45) is 0 Å². The number of rotatable bonds is 5. The third-order valence-electron chi connectivity index (χ3n) is 4.21. The molecule has 0 bridgehead atoms. The van der Waals surface area contributed by atoms with Crippen LogP contribution in [0.5, 0.6) is 0 Å². The molecule has 0 fully saturated rings. The highest BCUT2D eigenvalue weighted by atomic mass is 35.5. The van der Waals surface area contributed by atoms with Crippen LogP contribution in [0.15, 0.2) is 70.7 Å². The van der Waals surface area contributed by atoms with Gasteiger partial charge in [0.05, 0.1) is 5.02 Å². The number of anilines is 1. The predicted molar refractivity (Wildman–Crippen MR) is 116 cm³/mol. The normalized spacial score (nSPS) is 10.9. The monoisotopic (exact) mass is 419 g/mol. The van der Waals surface area contributed by atoms with Crippen LogP contribution in [0.25, 0.3) is 17.4 Å². The summed E-state index contributed by atoms with van der Waals surface area (Å²) in [4.78, 5) is 25.9. The van der Waals surface area contributed by atoms with Gasteiger partial charge >= 0.3 is 0 Å². The summed E-state index contributed by atoms with van der Waals surface area (Å²) in [5.74, 6) is 0.159. The number of carbonyl (C=O) groups excluding carboxylic acids is 2. The van der Waals surface area contributed by atoms with E-state index in [4.69, 9.17) is 16.0 Å². The Morgan fingerprint density at radius 3 is 2.40 bits per heavy atom. The van der Waals surface area contributed by atoms with E-state index in [-0.39, 0.29) is 11.5 Å². The lowest BCUT2D eigenvalue weighted by Gasteiger charge is -2.10. The molecule has 0 aliphatic rings. The first-order valence-electron chi connectivity index (χ1n) is 8.98. The van der Waals surface area contributed by atoms with Crippen LogP contribution in [0.4, 0.5) is 5.69 Å². The van der Waals surface area contributed by atoms with Crippen LogP contribution in [-0.4, -0.2) is 30.8 Å². The van der Waals surface area contributed by atoms with Gasteiger partial charge < -0.3 is 14.6 Å². The van der Waals surface area contributed by atoms with Crippen LogP contribution in [0.3, 0.4) is 0 Å². The predicted octanol–water partition coefficient (Wildman–Crippen LogP) is 4.85. The molecule has 2 amide bonds. The molecule has 0 aliphatic heterocycles. The van der Waals surface area contributed by atoms with Gasteiger partial charge in [-0.05, 0) is 48.5 Å². The molecule has 0 unspecified atom stereocenters. The molecule has 3 aromatic rings. The Balaban J connectivity index is 1.75. The molecule has 30 heavy (non-hydrogen) atoms. The molecule has 3 rings (SSSR count). The zero-order valence-electron chi connectivity index (χ0n) is 16.3. The van der Waals surface area contributed by atoms with Crippen molar-refractivity contribution < 1.29 is 14.0 Å². The van der Waals surface area contributed by atoms with E-state index in [9.17, 15) is 14.9 Å². The lowest BCUT2D eigenvalue weighted by molar-refractivity contribution is -0.112. The molecule has 7 heteroatoms. The lowest BCUT2D eigenvalue weighted by Crippen LogP contribution is -2.21. The van der Waals surface area contributed by atoms with Crippen LogP contribution >= 0.6 is 11.6 Å². The average molecular weight is 420 g/mol. The fraction of sp³-hybridized carbons (Fsp3) is 0.0870. The summed E-state index contributed by atoms with van der Waals surface area (Å²) in [6.07, 6.45) is 1.36. The molecule has 6 nitrogen and oxygen atoms in total. The van der Waals surface area contributed by atoms with Crippen LogP contribution < -0.4 is 5.32 Å². The highest BCUT2D eigenvalue weighted by Gasteiger charge is 2.13. The van der Waals surface area contributed by atoms with E-state index in [0.717, 1.165) is 0 Å². The molecule has 1 heterocycles. The molecule has 1 N–H and O–H groups in total. The van der Waals surface area contributed by atoms with Crippen molar-refractivity contribution in [3.63, 3.8) is 0 Å². The Kier molecular flexibility index (Phi) is 6.35. The molecule has 0 saturated heterocycles. The smallest absolute Gasteiger partial charge is 0.266 e. The minimum Gasteiger partial charge on any atom is -0.457 e. The third kappa shape index (κ3) is 4.77. The maximum Gasteiger partial charge on any atom is 0.266 e. The molecular formula is C23H18ClN3O3. The van der Waals surface area contributed by atoms with Crippen LogP contribution in [-0.2, 0) is 4.79 Å². The minimum absolute atomic E-state index is 0.122. The van der Waals surface area contributed by atoms with Crippen molar-refractivity contribution in [3.8, 4) is 17.4 Å². The first-order valence-corrected chi connectivity index (χ1v) is 9.36. The summed E-state index contributed by atoms with van der Waals surface area (Å²) < 4.78 is 5.71. The fourth-order valence-electron chi connectivity index (χ4n) is 2.68. The standard InChI is InChI=1S/C23H18ClN3O3/c1-27(2)23(29)15-7-9-17(10-8-15)26-22(28)16(14-25)13-18-11-12-21(30-18)19-5-3-4-6-20(19)24/h3-13H,1-2H3,(H,26,28)/b16-13+. The quantitative estimate of drug-likeness (QED) is 0.473. The zero-order valence-corrected chi connectivity index (χ0v) is 17.1. The number of halogens is 1. The number of nitrogens with one attached hydrogen (secondary N) is 1. The Bertz CT molecular complexity index is 1150. The van der Waals surface area contributed by atoms with Crippen LogP contribution in [0.2, 0.25) is 5.02 Å². The highest BCUT2D eigenvalue weighted by molar-refractivity contribution is 6.33. The van der Waals surface area contributed by atoms with Gasteiger partial charge in [0.25, 0.3) is 11.8 Å². The molecular weight excluding hydrogens is 402 g/mol. The van der Waals surface area contributed by atoms with Gasteiger partial charge in [-0.2, -0.15) is 5.26 Å². The number of amides is 2. The van der Waals surface area contributed by atoms with Crippen molar-refractivity contribution in [2.45, 2.75) is 0 Å². The van der Waals surface area contributed by atoms with Gasteiger partial charge in [-0.3, -0.25) is 9.59 Å². The van der Waals surface area contributed by atoms with Gasteiger partial charge in [-0.25, -0.2) is 0 Å². The Hall–Kier alpha value is -3.82. The largest absolute Gasteiger partial charge is 0.457 e. The number of carbonyl (C=O) groups is 2. The second-order valence-electron chi connectivity index (χ2n) is 6.58. The van der Waals surface area contributed by atoms with Gasteiger partial charge in [0.15, 0.2) is 0 Å². The molecule has 1 aromatic heterocycles. The second kappa shape index (κ2) is 9.12. The van der Waals surface area contributed by atoms with E-state index < -0.39 is 5.91 Å². The van der Waals surface area contributed by atoms with Crippen LogP contribution in [0, 0.1) is 11.3 Å². The number of benzene rings is 2.